The Balaban J connectivity index is 3.01. The highest BCUT2D eigenvalue weighted by atomic mass is 14.2. The number of benzene rings is 1. The summed E-state index contributed by atoms with van der Waals surface area (Å²) in [6.45, 7) is 1.97. The fourth-order valence-corrected chi connectivity index (χ4v) is 1.09. The SMILES string of the molecule is [B]c1cc(C)cc(CC#N)c1. The first-order valence-corrected chi connectivity index (χ1v) is 3.45. The zero-order chi connectivity index (χ0) is 8.27. The number of nitriles is 1. The summed E-state index contributed by atoms with van der Waals surface area (Å²) < 4.78 is 0. The smallest absolute Gasteiger partial charge is 0.113 e. The number of hydrogen-bond donors (Lipinski definition) is 0. The van der Waals surface area contributed by atoms with Gasteiger partial charge in [-0.2, -0.15) is 5.26 Å². The predicted molar refractivity (Wildman–Crippen MR) is 45.9 cm³/mol. The van der Waals surface area contributed by atoms with Crippen LogP contribution in [0.15, 0.2) is 18.2 Å². The molecule has 0 saturated heterocycles. The minimum atomic E-state index is 0.436. The van der Waals surface area contributed by atoms with Gasteiger partial charge in [0.25, 0.3) is 0 Å². The van der Waals surface area contributed by atoms with Crippen LogP contribution in [0.3, 0.4) is 0 Å². The summed E-state index contributed by atoms with van der Waals surface area (Å²) in [4.78, 5) is 0. The molecule has 0 fully saturated rings. The van der Waals surface area contributed by atoms with Crippen LogP contribution in [-0.2, 0) is 6.42 Å². The van der Waals surface area contributed by atoms with Crippen molar-refractivity contribution in [1.29, 1.82) is 5.26 Å². The molecule has 0 unspecified atom stereocenters. The molecule has 0 N–H and O–H groups in total. The highest BCUT2D eigenvalue weighted by Gasteiger charge is 1.93. The van der Waals surface area contributed by atoms with E-state index in [2.05, 4.69) is 6.07 Å². The van der Waals surface area contributed by atoms with Gasteiger partial charge in [-0.25, -0.2) is 0 Å². The molecule has 2 heteroatoms. The van der Waals surface area contributed by atoms with Gasteiger partial charge in [0.1, 0.15) is 7.85 Å². The summed E-state index contributed by atoms with van der Waals surface area (Å²) in [5.41, 5.74) is 2.83. The average molecular weight is 141 g/mol. The molecule has 1 rings (SSSR count). The maximum Gasteiger partial charge on any atom is 0.113 e. The van der Waals surface area contributed by atoms with Crippen LogP contribution in [0, 0.1) is 18.3 Å². The minimum absolute atomic E-state index is 0.436. The van der Waals surface area contributed by atoms with Crippen LogP contribution in [0.4, 0.5) is 0 Å². The van der Waals surface area contributed by atoms with E-state index in [9.17, 15) is 0 Å². The standard InChI is InChI=1S/C9H8BN/c1-7-4-8(2-3-11)6-9(10)5-7/h4-6H,2H2,1H3. The lowest BCUT2D eigenvalue weighted by Gasteiger charge is -1.99. The summed E-state index contributed by atoms with van der Waals surface area (Å²) in [5, 5.41) is 8.41. The molecular weight excluding hydrogens is 133 g/mol. The molecule has 0 aliphatic rings. The molecule has 0 spiro atoms. The molecular formula is C9H8BN. The Bertz CT molecular complexity index is 279. The maximum atomic E-state index is 8.41. The van der Waals surface area contributed by atoms with Crippen LogP contribution in [0.5, 0.6) is 0 Å². The minimum Gasteiger partial charge on any atom is -0.198 e. The molecule has 0 saturated carbocycles. The zero-order valence-electron chi connectivity index (χ0n) is 6.46. The quantitative estimate of drug-likeness (QED) is 0.532. The second-order valence-electron chi connectivity index (χ2n) is 2.59. The van der Waals surface area contributed by atoms with Gasteiger partial charge in [0, 0.05) is 0 Å². The van der Waals surface area contributed by atoms with E-state index in [-0.39, 0.29) is 0 Å². The summed E-state index contributed by atoms with van der Waals surface area (Å²) in [5.74, 6) is 0. The van der Waals surface area contributed by atoms with Gasteiger partial charge in [-0.1, -0.05) is 29.2 Å². The molecule has 1 aromatic rings. The van der Waals surface area contributed by atoms with Crippen molar-refractivity contribution in [2.24, 2.45) is 0 Å². The normalized spacial score (nSPS) is 9.09. The van der Waals surface area contributed by atoms with Crippen molar-refractivity contribution in [3.63, 3.8) is 0 Å². The van der Waals surface area contributed by atoms with Crippen molar-refractivity contribution < 1.29 is 0 Å². The Hall–Kier alpha value is -1.23. The Morgan fingerprint density at radius 1 is 1.45 bits per heavy atom. The lowest BCUT2D eigenvalue weighted by Crippen LogP contribution is -2.03. The van der Waals surface area contributed by atoms with E-state index < -0.39 is 0 Å². The molecule has 2 radical (unpaired) electrons. The van der Waals surface area contributed by atoms with E-state index in [0.29, 0.717) is 6.42 Å². The monoisotopic (exact) mass is 141 g/mol. The van der Waals surface area contributed by atoms with Crippen molar-refractivity contribution in [1.82, 2.24) is 0 Å². The molecule has 11 heavy (non-hydrogen) atoms. The number of nitrogens with zero attached hydrogens (tertiary/aromatic N) is 1. The van der Waals surface area contributed by atoms with Crippen molar-refractivity contribution in [2.75, 3.05) is 0 Å². The van der Waals surface area contributed by atoms with Gasteiger partial charge in [-0.05, 0) is 12.5 Å². The van der Waals surface area contributed by atoms with Crippen LogP contribution < -0.4 is 5.46 Å². The first-order valence-electron chi connectivity index (χ1n) is 3.45. The van der Waals surface area contributed by atoms with Crippen LogP contribution in [-0.4, -0.2) is 7.85 Å². The topological polar surface area (TPSA) is 23.8 Å². The van der Waals surface area contributed by atoms with Crippen LogP contribution >= 0.6 is 0 Å². The van der Waals surface area contributed by atoms with E-state index in [0.717, 1.165) is 16.6 Å². The van der Waals surface area contributed by atoms with E-state index in [1.54, 1.807) is 0 Å². The van der Waals surface area contributed by atoms with E-state index in [1.165, 1.54) is 0 Å². The van der Waals surface area contributed by atoms with Gasteiger partial charge in [0.05, 0.1) is 12.5 Å². The molecule has 0 aliphatic heterocycles. The first kappa shape index (κ1) is 7.88. The Morgan fingerprint density at radius 2 is 2.18 bits per heavy atom. The highest BCUT2D eigenvalue weighted by Crippen LogP contribution is 2.01. The van der Waals surface area contributed by atoms with Crippen LogP contribution in [0.1, 0.15) is 11.1 Å². The Morgan fingerprint density at radius 3 is 2.73 bits per heavy atom. The fourth-order valence-electron chi connectivity index (χ4n) is 1.09. The molecule has 0 aromatic heterocycles. The lowest BCUT2D eigenvalue weighted by molar-refractivity contribution is 1.25. The third-order valence-electron chi connectivity index (χ3n) is 1.44. The third kappa shape index (κ3) is 2.12. The summed E-state index contributed by atoms with van der Waals surface area (Å²) in [6.07, 6.45) is 0.436. The molecule has 1 nitrogen and oxygen atoms in total. The van der Waals surface area contributed by atoms with Crippen LogP contribution in [0.2, 0.25) is 0 Å². The van der Waals surface area contributed by atoms with Crippen molar-refractivity contribution in [2.45, 2.75) is 13.3 Å². The van der Waals surface area contributed by atoms with E-state index in [4.69, 9.17) is 13.1 Å². The van der Waals surface area contributed by atoms with Crippen molar-refractivity contribution >= 4 is 13.3 Å². The predicted octanol–water partition coefficient (Wildman–Crippen LogP) is 0.855. The average Bonchev–Trinajstić information content (AvgIpc) is 1.85. The molecule has 0 aliphatic carbocycles. The van der Waals surface area contributed by atoms with Crippen molar-refractivity contribution in [3.05, 3.63) is 29.3 Å². The molecule has 52 valence electrons. The Kier molecular flexibility index (Phi) is 2.33. The highest BCUT2D eigenvalue weighted by molar-refractivity contribution is 6.32. The number of hydrogen-bond acceptors (Lipinski definition) is 1. The maximum absolute atomic E-state index is 8.41. The lowest BCUT2D eigenvalue weighted by atomic mass is 9.92. The van der Waals surface area contributed by atoms with Gasteiger partial charge >= 0.3 is 0 Å². The van der Waals surface area contributed by atoms with Crippen molar-refractivity contribution in [3.8, 4) is 6.07 Å². The first-order chi connectivity index (χ1) is 5.22. The second-order valence-corrected chi connectivity index (χ2v) is 2.59. The largest absolute Gasteiger partial charge is 0.198 e. The number of aryl methyl sites for hydroxylation is 1. The molecule has 0 heterocycles. The summed E-state index contributed by atoms with van der Waals surface area (Å²) in [7, 11) is 5.58. The molecule has 0 amide bonds. The van der Waals surface area contributed by atoms with Gasteiger partial charge in [-0.15, -0.1) is 0 Å². The Labute approximate surface area is 68.1 Å². The van der Waals surface area contributed by atoms with Crippen LogP contribution in [0.25, 0.3) is 0 Å². The number of rotatable bonds is 1. The second kappa shape index (κ2) is 3.25. The van der Waals surface area contributed by atoms with E-state index >= 15 is 0 Å². The van der Waals surface area contributed by atoms with Gasteiger partial charge in [0.15, 0.2) is 0 Å². The fraction of sp³-hybridized carbons (Fsp3) is 0.222. The molecule has 0 atom stereocenters. The summed E-state index contributed by atoms with van der Waals surface area (Å²) >= 11 is 0. The van der Waals surface area contributed by atoms with Gasteiger partial charge in [-0.3, -0.25) is 0 Å². The molecule has 0 bridgehead atoms. The van der Waals surface area contributed by atoms with Gasteiger partial charge < -0.3 is 0 Å². The van der Waals surface area contributed by atoms with E-state index in [1.807, 2.05) is 25.1 Å². The third-order valence-corrected chi connectivity index (χ3v) is 1.44. The molecule has 1 aromatic carbocycles. The van der Waals surface area contributed by atoms with Gasteiger partial charge in [0.2, 0.25) is 0 Å². The zero-order valence-corrected chi connectivity index (χ0v) is 6.46. The summed E-state index contributed by atoms with van der Waals surface area (Å²) in [6, 6.07) is 7.77.